The van der Waals surface area contributed by atoms with Gasteiger partial charge in [-0.05, 0) is 14.0 Å². The highest BCUT2D eigenvalue weighted by Gasteiger charge is 2.10. The maximum atomic E-state index is 10.9. The second kappa shape index (κ2) is 5.34. The number of hydrogen-bond acceptors (Lipinski definition) is 2. The number of amides is 1. The lowest BCUT2D eigenvalue weighted by atomic mass is 10.3. The quantitative estimate of drug-likeness (QED) is 0.404. The molecule has 0 bridgehead atoms. The molecule has 0 aromatic heterocycles. The predicted molar refractivity (Wildman–Crippen MR) is 43.3 cm³/mol. The Morgan fingerprint density at radius 2 is 2.27 bits per heavy atom. The van der Waals surface area contributed by atoms with Gasteiger partial charge in [-0.25, -0.2) is 0 Å². The van der Waals surface area contributed by atoms with E-state index in [4.69, 9.17) is 6.42 Å². The molecule has 1 atom stereocenters. The van der Waals surface area contributed by atoms with Gasteiger partial charge in [-0.15, -0.1) is 6.42 Å². The van der Waals surface area contributed by atoms with Crippen molar-refractivity contribution in [3.05, 3.63) is 0 Å². The standard InChI is InChI=1S/C8H10N2O/c1-4-6-10-8(11)7(5-2)9-3/h2,7,9H,1,3H3,(H,10,11). The van der Waals surface area contributed by atoms with Crippen LogP contribution in [0.5, 0.6) is 0 Å². The molecule has 0 saturated heterocycles. The van der Waals surface area contributed by atoms with Gasteiger partial charge in [-0.1, -0.05) is 11.8 Å². The van der Waals surface area contributed by atoms with Crippen molar-refractivity contribution in [2.75, 3.05) is 7.05 Å². The van der Waals surface area contributed by atoms with Crippen molar-refractivity contribution in [2.45, 2.75) is 13.0 Å². The van der Waals surface area contributed by atoms with Crippen LogP contribution < -0.4 is 10.6 Å². The third-order valence-corrected chi connectivity index (χ3v) is 1.03. The van der Waals surface area contributed by atoms with Crippen molar-refractivity contribution in [3.8, 4) is 24.3 Å². The number of nitrogens with one attached hydrogen (secondary N) is 2. The topological polar surface area (TPSA) is 41.1 Å². The number of carbonyl (C=O) groups excluding carboxylic acids is 1. The molecule has 58 valence electrons. The van der Waals surface area contributed by atoms with Crippen molar-refractivity contribution in [2.24, 2.45) is 0 Å². The van der Waals surface area contributed by atoms with Gasteiger partial charge in [0.25, 0.3) is 5.91 Å². The molecule has 0 rings (SSSR count). The summed E-state index contributed by atoms with van der Waals surface area (Å²) in [6, 6.07) is 1.81. The summed E-state index contributed by atoms with van der Waals surface area (Å²) in [6.45, 7) is 1.63. The smallest absolute Gasteiger partial charge is 0.261 e. The van der Waals surface area contributed by atoms with Crippen LogP contribution in [0.1, 0.15) is 6.92 Å². The predicted octanol–water partition coefficient (Wildman–Crippen LogP) is -0.695. The molecule has 0 aliphatic carbocycles. The third kappa shape index (κ3) is 3.30. The summed E-state index contributed by atoms with van der Waals surface area (Å²) >= 11 is 0. The van der Waals surface area contributed by atoms with E-state index < -0.39 is 6.04 Å². The molecular weight excluding hydrogens is 140 g/mol. The molecule has 0 aromatic rings. The Balaban J connectivity index is 3.99. The third-order valence-electron chi connectivity index (χ3n) is 1.03. The fourth-order valence-electron chi connectivity index (χ4n) is 0.486. The van der Waals surface area contributed by atoms with Crippen LogP contribution in [0, 0.1) is 24.3 Å². The van der Waals surface area contributed by atoms with Gasteiger partial charge in [0.2, 0.25) is 0 Å². The van der Waals surface area contributed by atoms with Crippen LogP contribution in [-0.4, -0.2) is 19.0 Å². The first-order chi connectivity index (χ1) is 5.26. The van der Waals surface area contributed by atoms with Gasteiger partial charge in [-0.2, -0.15) is 0 Å². The van der Waals surface area contributed by atoms with E-state index in [0.717, 1.165) is 0 Å². The average molecular weight is 150 g/mol. The monoisotopic (exact) mass is 150 g/mol. The maximum Gasteiger partial charge on any atom is 0.261 e. The fourth-order valence-corrected chi connectivity index (χ4v) is 0.486. The van der Waals surface area contributed by atoms with E-state index in [1.165, 1.54) is 0 Å². The molecule has 3 nitrogen and oxygen atoms in total. The molecule has 2 N–H and O–H groups in total. The summed E-state index contributed by atoms with van der Waals surface area (Å²) in [5.74, 6) is 4.49. The Bertz CT molecular complexity index is 229. The van der Waals surface area contributed by atoms with Gasteiger partial charge in [-0.3, -0.25) is 15.4 Å². The van der Waals surface area contributed by atoms with Crippen molar-refractivity contribution >= 4 is 5.91 Å². The lowest BCUT2D eigenvalue weighted by Crippen LogP contribution is -2.39. The minimum Gasteiger partial charge on any atom is -0.299 e. The largest absolute Gasteiger partial charge is 0.299 e. The Morgan fingerprint density at radius 1 is 1.64 bits per heavy atom. The van der Waals surface area contributed by atoms with Crippen LogP contribution in [0.25, 0.3) is 0 Å². The summed E-state index contributed by atoms with van der Waals surface area (Å²) in [5.41, 5.74) is 0. The van der Waals surface area contributed by atoms with Gasteiger partial charge in [0, 0.05) is 6.04 Å². The normalized spacial score (nSPS) is 10.3. The number of likely N-dealkylation sites (N-methyl/N-ethyl adjacent to an activating group) is 1. The molecule has 0 fully saturated rings. The molecule has 0 radical (unpaired) electrons. The van der Waals surface area contributed by atoms with Crippen molar-refractivity contribution < 1.29 is 4.79 Å². The van der Waals surface area contributed by atoms with Crippen molar-refractivity contribution in [3.63, 3.8) is 0 Å². The van der Waals surface area contributed by atoms with Gasteiger partial charge < -0.3 is 0 Å². The number of terminal acetylenes is 1. The molecule has 3 heteroatoms. The van der Waals surface area contributed by atoms with Crippen LogP contribution in [0.15, 0.2) is 0 Å². The van der Waals surface area contributed by atoms with E-state index >= 15 is 0 Å². The number of hydrogen-bond donors (Lipinski definition) is 2. The van der Waals surface area contributed by atoms with Crippen LogP contribution in [-0.2, 0) is 4.79 Å². The lowest BCUT2D eigenvalue weighted by Gasteiger charge is -2.04. The summed E-state index contributed by atoms with van der Waals surface area (Å²) in [7, 11) is 1.61. The molecule has 1 amide bonds. The first-order valence-corrected chi connectivity index (χ1v) is 3.11. The molecule has 0 spiro atoms. The minimum atomic E-state index is -0.601. The number of carbonyl (C=O) groups is 1. The van der Waals surface area contributed by atoms with Crippen LogP contribution in [0.4, 0.5) is 0 Å². The van der Waals surface area contributed by atoms with Crippen molar-refractivity contribution in [1.29, 1.82) is 0 Å². The van der Waals surface area contributed by atoms with Crippen LogP contribution in [0.2, 0.25) is 0 Å². The van der Waals surface area contributed by atoms with E-state index in [9.17, 15) is 4.79 Å². The van der Waals surface area contributed by atoms with Gasteiger partial charge in [0.15, 0.2) is 0 Å². The highest BCUT2D eigenvalue weighted by molar-refractivity contribution is 5.86. The minimum absolute atomic E-state index is 0.302. The first kappa shape index (κ1) is 9.55. The van der Waals surface area contributed by atoms with Gasteiger partial charge in [0.1, 0.15) is 6.04 Å². The Labute approximate surface area is 66.6 Å². The second-order valence-electron chi connectivity index (χ2n) is 1.75. The first-order valence-electron chi connectivity index (χ1n) is 3.11. The Morgan fingerprint density at radius 3 is 2.64 bits per heavy atom. The molecule has 0 aromatic carbocycles. The zero-order chi connectivity index (χ0) is 8.69. The van der Waals surface area contributed by atoms with Crippen LogP contribution >= 0.6 is 0 Å². The van der Waals surface area contributed by atoms with E-state index in [1.54, 1.807) is 14.0 Å². The van der Waals surface area contributed by atoms with Crippen molar-refractivity contribution in [1.82, 2.24) is 10.6 Å². The fraction of sp³-hybridized carbons (Fsp3) is 0.375. The summed E-state index contributed by atoms with van der Waals surface area (Å²) in [4.78, 5) is 10.9. The second-order valence-corrected chi connectivity index (χ2v) is 1.75. The SMILES string of the molecule is C#CC(NC)C(=O)NC#CC. The average Bonchev–Trinajstić information content (AvgIpc) is 2.03. The zero-order valence-corrected chi connectivity index (χ0v) is 6.56. The maximum absolute atomic E-state index is 10.9. The van der Waals surface area contributed by atoms with E-state index in [1.807, 2.05) is 0 Å². The molecule has 11 heavy (non-hydrogen) atoms. The van der Waals surface area contributed by atoms with E-state index in [-0.39, 0.29) is 5.91 Å². The van der Waals surface area contributed by atoms with E-state index in [2.05, 4.69) is 28.5 Å². The molecular formula is C8H10N2O. The molecule has 1 unspecified atom stereocenters. The number of rotatable bonds is 2. The molecule has 0 aliphatic rings. The molecule has 0 heterocycles. The zero-order valence-electron chi connectivity index (χ0n) is 6.56. The summed E-state index contributed by atoms with van der Waals surface area (Å²) < 4.78 is 0. The highest BCUT2D eigenvalue weighted by Crippen LogP contribution is 1.77. The molecule has 0 saturated carbocycles. The van der Waals surface area contributed by atoms with Gasteiger partial charge >= 0.3 is 0 Å². The molecule has 0 aliphatic heterocycles. The lowest BCUT2D eigenvalue weighted by molar-refractivity contribution is -0.120. The van der Waals surface area contributed by atoms with Gasteiger partial charge in [0.05, 0.1) is 0 Å². The Kier molecular flexibility index (Phi) is 4.64. The van der Waals surface area contributed by atoms with Crippen LogP contribution in [0.3, 0.4) is 0 Å². The summed E-state index contributed by atoms with van der Waals surface area (Å²) in [5, 5.41) is 4.97. The highest BCUT2D eigenvalue weighted by atomic mass is 16.2. The summed E-state index contributed by atoms with van der Waals surface area (Å²) in [6.07, 6.45) is 5.03. The Hall–Kier alpha value is -1.45. The van der Waals surface area contributed by atoms with E-state index in [0.29, 0.717) is 0 Å².